The van der Waals surface area contributed by atoms with Crippen molar-refractivity contribution in [1.82, 2.24) is 4.98 Å². The molecule has 0 aliphatic carbocycles. The van der Waals surface area contributed by atoms with Crippen LogP contribution < -0.4 is 5.32 Å². The predicted molar refractivity (Wildman–Crippen MR) is 65.6 cm³/mol. The average molecular weight is 257 g/mol. The van der Waals surface area contributed by atoms with Gasteiger partial charge in [-0.25, -0.2) is 9.37 Å². The zero-order valence-corrected chi connectivity index (χ0v) is 10.1. The van der Waals surface area contributed by atoms with Gasteiger partial charge in [-0.1, -0.05) is 11.6 Å². The minimum absolute atomic E-state index is 0.0343. The van der Waals surface area contributed by atoms with Crippen LogP contribution in [0.15, 0.2) is 29.8 Å². The maximum atomic E-state index is 13.4. The first-order chi connectivity index (χ1) is 7.66. The van der Waals surface area contributed by atoms with Crippen molar-refractivity contribution >= 4 is 28.6 Å². The molecule has 2 rings (SSSR count). The van der Waals surface area contributed by atoms with E-state index in [9.17, 15) is 4.39 Å². The molecule has 0 amide bonds. The van der Waals surface area contributed by atoms with Gasteiger partial charge in [-0.3, -0.25) is 0 Å². The van der Waals surface area contributed by atoms with Crippen LogP contribution in [0.5, 0.6) is 0 Å². The number of rotatable bonds is 3. The number of anilines is 1. The van der Waals surface area contributed by atoms with Gasteiger partial charge in [0, 0.05) is 16.6 Å². The summed E-state index contributed by atoms with van der Waals surface area (Å²) in [6.07, 6.45) is 1.73. The van der Waals surface area contributed by atoms with Gasteiger partial charge in [0.15, 0.2) is 0 Å². The van der Waals surface area contributed by atoms with Crippen LogP contribution in [0.4, 0.5) is 10.1 Å². The van der Waals surface area contributed by atoms with Crippen molar-refractivity contribution in [2.45, 2.75) is 13.0 Å². The van der Waals surface area contributed by atoms with E-state index in [1.807, 2.05) is 12.3 Å². The highest BCUT2D eigenvalue weighted by molar-refractivity contribution is 7.09. The van der Waals surface area contributed by atoms with E-state index < -0.39 is 0 Å². The van der Waals surface area contributed by atoms with E-state index in [1.165, 1.54) is 23.5 Å². The molecule has 0 aliphatic heterocycles. The third kappa shape index (κ3) is 2.51. The molecule has 0 saturated heterocycles. The van der Waals surface area contributed by atoms with Crippen molar-refractivity contribution in [3.8, 4) is 0 Å². The molecule has 0 aliphatic rings. The molecule has 5 heteroatoms. The maximum absolute atomic E-state index is 13.4. The molecule has 2 nitrogen and oxygen atoms in total. The van der Waals surface area contributed by atoms with Gasteiger partial charge in [0.2, 0.25) is 0 Å². The zero-order valence-electron chi connectivity index (χ0n) is 8.58. The van der Waals surface area contributed by atoms with E-state index in [4.69, 9.17) is 11.6 Å². The fourth-order valence-electron chi connectivity index (χ4n) is 1.35. The summed E-state index contributed by atoms with van der Waals surface area (Å²) in [7, 11) is 0. The minimum atomic E-state index is -0.312. The number of thiazole rings is 1. The summed E-state index contributed by atoms with van der Waals surface area (Å²) in [6.45, 7) is 1.93. The molecule has 0 saturated carbocycles. The summed E-state index contributed by atoms with van der Waals surface area (Å²) in [5.74, 6) is -0.312. The predicted octanol–water partition coefficient (Wildman–Crippen LogP) is 4.11. The average Bonchev–Trinajstić information content (AvgIpc) is 2.76. The molecular weight excluding hydrogens is 247 g/mol. The highest BCUT2D eigenvalue weighted by Crippen LogP contribution is 2.25. The number of hydrogen-bond acceptors (Lipinski definition) is 3. The molecule has 84 valence electrons. The first-order valence-corrected chi connectivity index (χ1v) is 6.03. The van der Waals surface area contributed by atoms with Crippen LogP contribution in [0.2, 0.25) is 5.02 Å². The molecule has 2 aromatic rings. The van der Waals surface area contributed by atoms with Crippen molar-refractivity contribution in [1.29, 1.82) is 0 Å². The lowest BCUT2D eigenvalue weighted by Crippen LogP contribution is -2.07. The van der Waals surface area contributed by atoms with E-state index in [2.05, 4.69) is 10.3 Å². The highest BCUT2D eigenvalue weighted by atomic mass is 35.5. The Hall–Kier alpha value is -1.13. The lowest BCUT2D eigenvalue weighted by molar-refractivity contribution is 0.627. The first kappa shape index (κ1) is 11.4. The van der Waals surface area contributed by atoms with Gasteiger partial charge >= 0.3 is 0 Å². The third-order valence-electron chi connectivity index (χ3n) is 2.12. The van der Waals surface area contributed by atoms with Crippen LogP contribution in [0.25, 0.3) is 0 Å². The summed E-state index contributed by atoms with van der Waals surface area (Å²) in [5.41, 5.74) is 0.398. The number of nitrogens with one attached hydrogen (secondary N) is 1. The summed E-state index contributed by atoms with van der Waals surface area (Å²) in [6, 6.07) is 4.41. The summed E-state index contributed by atoms with van der Waals surface area (Å²) in [5, 5.41) is 6.36. The topological polar surface area (TPSA) is 24.9 Å². The van der Waals surface area contributed by atoms with Gasteiger partial charge in [0.05, 0.1) is 11.7 Å². The van der Waals surface area contributed by atoms with Gasteiger partial charge < -0.3 is 5.32 Å². The Morgan fingerprint density at radius 3 is 3.00 bits per heavy atom. The first-order valence-electron chi connectivity index (χ1n) is 4.78. The molecule has 1 aromatic carbocycles. The minimum Gasteiger partial charge on any atom is -0.374 e. The summed E-state index contributed by atoms with van der Waals surface area (Å²) in [4.78, 5) is 4.16. The number of halogens is 2. The molecule has 1 heterocycles. The molecule has 1 N–H and O–H groups in total. The summed E-state index contributed by atoms with van der Waals surface area (Å²) >= 11 is 7.34. The lowest BCUT2D eigenvalue weighted by atomic mass is 10.2. The molecule has 1 atom stereocenters. The third-order valence-corrected chi connectivity index (χ3v) is 3.32. The fourth-order valence-corrected chi connectivity index (χ4v) is 2.17. The second-order valence-corrected chi connectivity index (χ2v) is 4.72. The molecule has 0 bridgehead atoms. The van der Waals surface area contributed by atoms with Gasteiger partial charge in [0.1, 0.15) is 10.8 Å². The van der Waals surface area contributed by atoms with Crippen molar-refractivity contribution < 1.29 is 4.39 Å². The molecular formula is C11H10ClFN2S. The molecule has 0 spiro atoms. The van der Waals surface area contributed by atoms with Crippen LogP contribution >= 0.6 is 22.9 Å². The Morgan fingerprint density at radius 1 is 1.50 bits per heavy atom. The van der Waals surface area contributed by atoms with E-state index in [-0.39, 0.29) is 11.9 Å². The molecule has 0 radical (unpaired) electrons. The van der Waals surface area contributed by atoms with Crippen molar-refractivity contribution in [2.24, 2.45) is 0 Å². The van der Waals surface area contributed by atoms with Crippen molar-refractivity contribution in [3.63, 3.8) is 0 Å². The Kier molecular flexibility index (Phi) is 3.41. The summed E-state index contributed by atoms with van der Waals surface area (Å²) < 4.78 is 13.4. The monoisotopic (exact) mass is 256 g/mol. The molecule has 16 heavy (non-hydrogen) atoms. The number of hydrogen-bond donors (Lipinski definition) is 1. The highest BCUT2D eigenvalue weighted by Gasteiger charge is 2.10. The van der Waals surface area contributed by atoms with Crippen molar-refractivity contribution in [2.75, 3.05) is 5.32 Å². The molecule has 1 unspecified atom stereocenters. The normalized spacial score (nSPS) is 12.4. The Labute approximate surface area is 102 Å². The van der Waals surface area contributed by atoms with Gasteiger partial charge in [-0.15, -0.1) is 11.3 Å². The van der Waals surface area contributed by atoms with Crippen LogP contribution in [-0.4, -0.2) is 4.98 Å². The van der Waals surface area contributed by atoms with Gasteiger partial charge in [-0.05, 0) is 25.1 Å². The number of aromatic nitrogens is 1. The quantitative estimate of drug-likeness (QED) is 0.894. The second kappa shape index (κ2) is 4.80. The zero-order chi connectivity index (χ0) is 11.5. The van der Waals surface area contributed by atoms with Crippen LogP contribution in [-0.2, 0) is 0 Å². The van der Waals surface area contributed by atoms with Gasteiger partial charge in [0.25, 0.3) is 0 Å². The number of nitrogens with zero attached hydrogens (tertiary/aromatic N) is 1. The Bertz CT molecular complexity index is 473. The van der Waals surface area contributed by atoms with E-state index in [0.717, 1.165) is 5.01 Å². The van der Waals surface area contributed by atoms with Gasteiger partial charge in [-0.2, -0.15) is 0 Å². The van der Waals surface area contributed by atoms with E-state index in [0.29, 0.717) is 10.7 Å². The van der Waals surface area contributed by atoms with E-state index in [1.54, 1.807) is 12.3 Å². The smallest absolute Gasteiger partial charge is 0.146 e. The van der Waals surface area contributed by atoms with Crippen LogP contribution in [0, 0.1) is 5.82 Å². The number of benzene rings is 1. The lowest BCUT2D eigenvalue weighted by Gasteiger charge is -2.13. The Morgan fingerprint density at radius 2 is 2.31 bits per heavy atom. The SMILES string of the molecule is CC(Nc1cc(Cl)ccc1F)c1nccs1. The van der Waals surface area contributed by atoms with Crippen LogP contribution in [0.3, 0.4) is 0 Å². The largest absolute Gasteiger partial charge is 0.374 e. The molecule has 0 fully saturated rings. The van der Waals surface area contributed by atoms with Crippen LogP contribution in [0.1, 0.15) is 18.0 Å². The standard InChI is InChI=1S/C11H10ClFN2S/c1-7(11-14-4-5-16-11)15-10-6-8(12)2-3-9(10)13/h2-7,15H,1H3. The molecule has 1 aromatic heterocycles. The fraction of sp³-hybridized carbons (Fsp3) is 0.182. The second-order valence-electron chi connectivity index (χ2n) is 3.36. The Balaban J connectivity index is 2.17. The maximum Gasteiger partial charge on any atom is 0.146 e. The van der Waals surface area contributed by atoms with Crippen molar-refractivity contribution in [3.05, 3.63) is 45.6 Å². The van der Waals surface area contributed by atoms with E-state index >= 15 is 0 Å².